The van der Waals surface area contributed by atoms with E-state index in [9.17, 15) is 4.79 Å². The molecule has 0 spiro atoms. The van der Waals surface area contributed by atoms with E-state index in [0.717, 1.165) is 12.2 Å². The van der Waals surface area contributed by atoms with Crippen LogP contribution in [0.1, 0.15) is 27.7 Å². The molecule has 0 aliphatic heterocycles. The first kappa shape index (κ1) is 14.4. The Morgan fingerprint density at radius 1 is 1.40 bits per heavy atom. The van der Waals surface area contributed by atoms with Crippen LogP contribution in [0.5, 0.6) is 0 Å². The highest BCUT2D eigenvalue weighted by molar-refractivity contribution is 7.10. The van der Waals surface area contributed by atoms with Crippen LogP contribution in [0, 0.1) is 6.92 Å². The van der Waals surface area contributed by atoms with Gasteiger partial charge in [-0.3, -0.25) is 0 Å². The monoisotopic (exact) mass is 290 g/mol. The fourth-order valence-corrected chi connectivity index (χ4v) is 2.67. The van der Waals surface area contributed by atoms with E-state index in [0.29, 0.717) is 17.9 Å². The summed E-state index contributed by atoms with van der Waals surface area (Å²) in [7, 11) is 0. The Kier molecular flexibility index (Phi) is 4.63. The number of hydrogen-bond acceptors (Lipinski definition) is 5. The molecule has 0 unspecified atom stereocenters. The molecule has 0 aliphatic carbocycles. The Hall–Kier alpha value is -2.01. The fraction of sp³-hybridized carbons (Fsp3) is 0.267. The van der Waals surface area contributed by atoms with Crippen molar-refractivity contribution in [2.45, 2.75) is 20.4 Å². The molecule has 3 N–H and O–H groups in total. The first-order valence-electron chi connectivity index (χ1n) is 6.45. The number of hydrogen-bond donors (Lipinski definition) is 2. The molecule has 1 heterocycles. The average Bonchev–Trinajstić information content (AvgIpc) is 2.83. The molecule has 0 saturated carbocycles. The number of benzene rings is 1. The van der Waals surface area contributed by atoms with Crippen LogP contribution in [0.2, 0.25) is 0 Å². The van der Waals surface area contributed by atoms with E-state index in [4.69, 9.17) is 10.5 Å². The van der Waals surface area contributed by atoms with Gasteiger partial charge in [-0.05, 0) is 49.1 Å². The molecule has 0 saturated heterocycles. The third-order valence-electron chi connectivity index (χ3n) is 2.97. The van der Waals surface area contributed by atoms with E-state index in [1.165, 1.54) is 10.4 Å². The summed E-state index contributed by atoms with van der Waals surface area (Å²) in [4.78, 5) is 13.1. The van der Waals surface area contributed by atoms with Crippen molar-refractivity contribution in [3.05, 3.63) is 45.6 Å². The zero-order valence-electron chi connectivity index (χ0n) is 11.6. The molecule has 106 valence electrons. The lowest BCUT2D eigenvalue weighted by Gasteiger charge is -2.10. The van der Waals surface area contributed by atoms with Gasteiger partial charge in [-0.25, -0.2) is 4.79 Å². The van der Waals surface area contributed by atoms with Crippen molar-refractivity contribution < 1.29 is 9.53 Å². The number of esters is 1. The Morgan fingerprint density at radius 2 is 2.20 bits per heavy atom. The van der Waals surface area contributed by atoms with Gasteiger partial charge in [0, 0.05) is 22.8 Å². The summed E-state index contributed by atoms with van der Waals surface area (Å²) in [6.45, 7) is 4.93. The molecule has 5 heteroatoms. The second-order valence-corrected chi connectivity index (χ2v) is 5.40. The number of nitrogens with two attached hydrogens (primary N) is 1. The van der Waals surface area contributed by atoms with Gasteiger partial charge >= 0.3 is 5.97 Å². The number of carbonyl (C=O) groups is 1. The number of anilines is 2. The van der Waals surface area contributed by atoms with Crippen LogP contribution in [-0.4, -0.2) is 12.6 Å². The third-order valence-corrected chi connectivity index (χ3v) is 3.99. The van der Waals surface area contributed by atoms with Gasteiger partial charge in [0.15, 0.2) is 0 Å². The fourth-order valence-electron chi connectivity index (χ4n) is 1.82. The molecular formula is C15H18N2O2S. The smallest absolute Gasteiger partial charge is 0.340 e. The molecule has 4 nitrogen and oxygen atoms in total. The highest BCUT2D eigenvalue weighted by atomic mass is 32.1. The molecule has 2 rings (SSSR count). The summed E-state index contributed by atoms with van der Waals surface area (Å²) in [5, 5.41) is 5.37. The summed E-state index contributed by atoms with van der Waals surface area (Å²) in [5.74, 6) is -0.388. The Balaban J connectivity index is 2.11. The predicted molar refractivity (Wildman–Crippen MR) is 83.2 cm³/mol. The zero-order chi connectivity index (χ0) is 14.5. The van der Waals surface area contributed by atoms with Crippen molar-refractivity contribution in [3.8, 4) is 0 Å². The van der Waals surface area contributed by atoms with Gasteiger partial charge in [0.1, 0.15) is 0 Å². The number of nitrogens with one attached hydrogen (secondary N) is 1. The van der Waals surface area contributed by atoms with Crippen molar-refractivity contribution in [1.29, 1.82) is 0 Å². The molecule has 0 amide bonds. The summed E-state index contributed by atoms with van der Waals surface area (Å²) < 4.78 is 4.99. The highest BCUT2D eigenvalue weighted by Gasteiger charge is 2.11. The third kappa shape index (κ3) is 3.30. The van der Waals surface area contributed by atoms with Gasteiger partial charge < -0.3 is 15.8 Å². The number of rotatable bonds is 5. The average molecular weight is 290 g/mol. The largest absolute Gasteiger partial charge is 0.462 e. The van der Waals surface area contributed by atoms with Crippen LogP contribution in [0.15, 0.2) is 29.6 Å². The van der Waals surface area contributed by atoms with Gasteiger partial charge in [0.25, 0.3) is 0 Å². The van der Waals surface area contributed by atoms with Crippen molar-refractivity contribution in [2.24, 2.45) is 0 Å². The molecule has 0 aliphatic rings. The molecule has 0 atom stereocenters. The van der Waals surface area contributed by atoms with Crippen LogP contribution < -0.4 is 11.1 Å². The van der Waals surface area contributed by atoms with Crippen LogP contribution in [-0.2, 0) is 11.3 Å². The van der Waals surface area contributed by atoms with E-state index < -0.39 is 0 Å². The highest BCUT2D eigenvalue weighted by Crippen LogP contribution is 2.21. The second-order valence-electron chi connectivity index (χ2n) is 4.40. The Morgan fingerprint density at radius 3 is 2.85 bits per heavy atom. The molecule has 0 bridgehead atoms. The van der Waals surface area contributed by atoms with Crippen molar-refractivity contribution in [3.63, 3.8) is 0 Å². The van der Waals surface area contributed by atoms with E-state index in [2.05, 4.69) is 23.7 Å². The minimum atomic E-state index is -0.388. The standard InChI is InChI=1S/C15H18N2O2S/c1-3-19-15(18)12-8-11(4-5-13(12)16)17-9-14-10(2)6-7-20-14/h4-8,17H,3,9,16H2,1-2H3. The van der Waals surface area contributed by atoms with Crippen LogP contribution in [0.3, 0.4) is 0 Å². The van der Waals surface area contributed by atoms with Gasteiger partial charge in [-0.15, -0.1) is 11.3 Å². The number of ether oxygens (including phenoxy) is 1. The van der Waals surface area contributed by atoms with E-state index in [1.807, 2.05) is 6.07 Å². The minimum absolute atomic E-state index is 0.338. The zero-order valence-corrected chi connectivity index (χ0v) is 12.4. The first-order valence-corrected chi connectivity index (χ1v) is 7.33. The number of carbonyl (C=O) groups excluding carboxylic acids is 1. The van der Waals surface area contributed by atoms with Crippen LogP contribution >= 0.6 is 11.3 Å². The molecular weight excluding hydrogens is 272 g/mol. The number of thiophene rings is 1. The van der Waals surface area contributed by atoms with Gasteiger partial charge in [0.2, 0.25) is 0 Å². The van der Waals surface area contributed by atoms with E-state index in [1.54, 1.807) is 30.4 Å². The van der Waals surface area contributed by atoms with E-state index in [-0.39, 0.29) is 5.97 Å². The van der Waals surface area contributed by atoms with Gasteiger partial charge in [-0.2, -0.15) is 0 Å². The molecule has 2 aromatic rings. The number of aryl methyl sites for hydroxylation is 1. The summed E-state index contributed by atoms with van der Waals surface area (Å²) in [6, 6.07) is 7.40. The lowest BCUT2D eigenvalue weighted by Crippen LogP contribution is -2.09. The van der Waals surface area contributed by atoms with Crippen molar-refractivity contribution >= 4 is 28.7 Å². The van der Waals surface area contributed by atoms with Crippen molar-refractivity contribution in [2.75, 3.05) is 17.7 Å². The summed E-state index contributed by atoms with van der Waals surface area (Å²) in [6.07, 6.45) is 0. The lowest BCUT2D eigenvalue weighted by atomic mass is 10.1. The quantitative estimate of drug-likeness (QED) is 0.654. The number of nitrogen functional groups attached to an aromatic ring is 1. The summed E-state index contributed by atoms with van der Waals surface area (Å²) in [5.41, 5.74) is 8.77. The molecule has 0 fully saturated rings. The molecule has 1 aromatic heterocycles. The Labute approximate surface area is 122 Å². The van der Waals surface area contributed by atoms with Gasteiger partial charge in [-0.1, -0.05) is 0 Å². The molecule has 1 aromatic carbocycles. The minimum Gasteiger partial charge on any atom is -0.462 e. The van der Waals surface area contributed by atoms with E-state index >= 15 is 0 Å². The normalized spacial score (nSPS) is 10.3. The van der Waals surface area contributed by atoms with Crippen molar-refractivity contribution in [1.82, 2.24) is 0 Å². The first-order chi connectivity index (χ1) is 9.61. The summed E-state index contributed by atoms with van der Waals surface area (Å²) >= 11 is 1.71. The molecule has 0 radical (unpaired) electrons. The topological polar surface area (TPSA) is 64.3 Å². The maximum atomic E-state index is 11.8. The second kappa shape index (κ2) is 6.43. The SMILES string of the molecule is CCOC(=O)c1cc(NCc2sccc2C)ccc1N. The maximum Gasteiger partial charge on any atom is 0.340 e. The Bertz CT molecular complexity index is 608. The lowest BCUT2D eigenvalue weighted by molar-refractivity contribution is 0.0527. The maximum absolute atomic E-state index is 11.8. The van der Waals surface area contributed by atoms with Crippen LogP contribution in [0.4, 0.5) is 11.4 Å². The van der Waals surface area contributed by atoms with Gasteiger partial charge in [0.05, 0.1) is 12.2 Å². The molecule has 20 heavy (non-hydrogen) atoms. The van der Waals surface area contributed by atoms with Crippen LogP contribution in [0.25, 0.3) is 0 Å². The predicted octanol–water partition coefficient (Wildman–Crippen LogP) is 3.43.